The average molecular weight is 2080 g/mol. The number of amides is 5. The normalized spacial score (nSPS) is 45.7. The minimum Gasteiger partial charge on any atom is -0.477 e. The molecule has 37 N–H and O–H groups in total. The highest BCUT2D eigenvalue weighted by Crippen LogP contribution is 2.42. The number of carbonyl (C=O) groups is 6. The summed E-state index contributed by atoms with van der Waals surface area (Å²) in [5.74, 6) is -10.1. The molecule has 10 aliphatic rings. The highest BCUT2D eigenvalue weighted by Gasteiger charge is 2.63. The van der Waals surface area contributed by atoms with Crippen LogP contribution >= 0.6 is 0 Å². The van der Waals surface area contributed by atoms with Crippen LogP contribution in [0.3, 0.4) is 0 Å². The van der Waals surface area contributed by atoms with Crippen LogP contribution in [0.15, 0.2) is 0 Å². The van der Waals surface area contributed by atoms with Crippen LogP contribution in [0.2, 0.25) is 0 Å². The lowest BCUT2D eigenvalue weighted by molar-refractivity contribution is -0.399. The number of ether oxygens (including phenoxy) is 20. The summed E-state index contributed by atoms with van der Waals surface area (Å²) in [5, 5.41) is 370. The maximum atomic E-state index is 13.3. The summed E-state index contributed by atoms with van der Waals surface area (Å²) in [4.78, 5) is 77.4. The molecule has 0 spiro atoms. The van der Waals surface area contributed by atoms with E-state index in [1.54, 1.807) is 0 Å². The third-order valence-corrected chi connectivity index (χ3v) is 25.6. The molecule has 10 saturated heterocycles. The molecule has 55 atom stereocenters. The molecule has 0 saturated carbocycles. The molecule has 63 nitrogen and oxygen atoms in total. The van der Waals surface area contributed by atoms with Gasteiger partial charge in [-0.1, -0.05) is 0 Å². The van der Waals surface area contributed by atoms with Gasteiger partial charge < -0.3 is 285 Å². The minimum absolute atomic E-state index is 0.842. The zero-order chi connectivity index (χ0) is 105. The second kappa shape index (κ2) is 52.0. The van der Waals surface area contributed by atoms with Gasteiger partial charge in [0.05, 0.1) is 97.0 Å². The van der Waals surface area contributed by atoms with Crippen molar-refractivity contribution in [1.82, 2.24) is 26.6 Å². The van der Waals surface area contributed by atoms with E-state index in [4.69, 9.17) is 94.7 Å². The first-order valence-corrected chi connectivity index (χ1v) is 45.0. The molecule has 63 heteroatoms. The molecule has 822 valence electrons. The van der Waals surface area contributed by atoms with Crippen LogP contribution in [-0.2, 0) is 124 Å². The Morgan fingerprint density at radius 3 is 1.14 bits per heavy atom. The van der Waals surface area contributed by atoms with Crippen molar-refractivity contribution in [3.05, 3.63) is 0 Å². The SMILES string of the molecule is CC(=O)N[C@H]1[C@H](O[C@@H]([C@H](O)[C@H](CO)NC(C)=O)[C@H](O)CO[C@@H]2O[C@@H](C)[C@@H](O)[C@@H](O)[C@@H]2O)O[C@H](CO)[C@@H](O[C@@H]2O[C@H](CO[C@H]3O[C@H](CO)[C@@H](O)[C@H](O)[C@@H]3O[C@@H]3O[C@H](CO)[C@@H](O[C@@H]4O[C@H](CO)[C@H](O)[C@H](O)[C@H]4O)[C@H](O)[C@H]3NC(C)=O)[C@@H](O)[C@H](O[C@H]3O[C@H](CO)[C@@H](O)[C@H](O)[C@@H]3O[C@@H]3O[C@H](CO)[C@@H](O[C@H]4O[C@H](CO[C@]5(C(=O)O)C[C@H](O)[C@@H](NC(C)=O)[C@H]([C@H](O)[C@H](O)CO)O5)[C@H](O)[C@H](O)[C@H]4O)[C@H](O)[C@H]3NC(C)=O)[C@@H]2O)[C@@H]1O. The van der Waals surface area contributed by atoms with E-state index >= 15 is 0 Å². The Hall–Kier alpha value is -5.22. The number of carboxylic acid groups (broad SMARTS) is 1. The van der Waals surface area contributed by atoms with E-state index in [2.05, 4.69) is 26.6 Å². The van der Waals surface area contributed by atoms with E-state index in [1.165, 1.54) is 6.92 Å². The molecule has 10 aliphatic heterocycles. The van der Waals surface area contributed by atoms with Crippen molar-refractivity contribution in [3.8, 4) is 0 Å². The van der Waals surface area contributed by atoms with Gasteiger partial charge in [-0.3, -0.25) is 24.0 Å². The van der Waals surface area contributed by atoms with Gasteiger partial charge in [0, 0.05) is 41.0 Å². The van der Waals surface area contributed by atoms with Gasteiger partial charge in [-0.15, -0.1) is 0 Å². The maximum Gasteiger partial charge on any atom is 0.364 e. The van der Waals surface area contributed by atoms with Crippen LogP contribution in [0.25, 0.3) is 0 Å². The fourth-order valence-electron chi connectivity index (χ4n) is 17.9. The number of carboxylic acids is 1. The van der Waals surface area contributed by atoms with Gasteiger partial charge in [-0.25, -0.2) is 4.79 Å². The van der Waals surface area contributed by atoms with E-state index in [-0.39, 0.29) is 0 Å². The van der Waals surface area contributed by atoms with Crippen LogP contribution in [-0.4, -0.2) is 608 Å². The van der Waals surface area contributed by atoms with E-state index in [0.717, 1.165) is 34.6 Å². The predicted octanol–water partition coefficient (Wildman–Crippen LogP) is -24.4. The highest BCUT2D eigenvalue weighted by molar-refractivity contribution is 5.77. The number of hydrogen-bond acceptors (Lipinski definition) is 57. The monoisotopic (exact) mass is 2080 g/mol. The Morgan fingerprint density at radius 2 is 0.704 bits per heavy atom. The van der Waals surface area contributed by atoms with Crippen LogP contribution in [0, 0.1) is 0 Å². The first-order valence-electron chi connectivity index (χ1n) is 45.0. The number of nitrogens with one attached hydrogen (secondary N) is 5. The minimum atomic E-state index is -3.13. The van der Waals surface area contributed by atoms with Gasteiger partial charge in [0.25, 0.3) is 5.79 Å². The number of aliphatic hydroxyl groups is 31. The fraction of sp³-hybridized carbons (Fsp3) is 0.924. The van der Waals surface area contributed by atoms with Gasteiger partial charge >= 0.3 is 5.97 Å². The Bertz CT molecular complexity index is 3950. The summed E-state index contributed by atoms with van der Waals surface area (Å²) < 4.78 is 119. The van der Waals surface area contributed by atoms with E-state index < -0.39 is 451 Å². The number of rotatable bonds is 42. The second-order valence-corrected chi connectivity index (χ2v) is 35.8. The Morgan fingerprint density at radius 1 is 0.338 bits per heavy atom. The van der Waals surface area contributed by atoms with Gasteiger partial charge in [0.2, 0.25) is 29.5 Å². The predicted molar refractivity (Wildman–Crippen MR) is 438 cm³/mol. The van der Waals surface area contributed by atoms with Crippen LogP contribution in [0.5, 0.6) is 0 Å². The van der Waals surface area contributed by atoms with Gasteiger partial charge in [0.15, 0.2) is 56.6 Å². The van der Waals surface area contributed by atoms with Crippen molar-refractivity contribution in [2.45, 2.75) is 385 Å². The molecule has 0 aromatic carbocycles. The Balaban J connectivity index is 0.978. The van der Waals surface area contributed by atoms with Crippen LogP contribution in [0.4, 0.5) is 0 Å². The summed E-state index contributed by atoms with van der Waals surface area (Å²) in [5.41, 5.74) is 0. The third-order valence-electron chi connectivity index (χ3n) is 25.6. The summed E-state index contributed by atoms with van der Waals surface area (Å²) in [6, 6.07) is -9.78. The molecule has 0 unspecified atom stereocenters. The molecule has 0 aromatic heterocycles. The molecule has 142 heavy (non-hydrogen) atoms. The molecule has 0 aliphatic carbocycles. The number of aliphatic carboxylic acids is 1. The average Bonchev–Trinajstić information content (AvgIpc) is 0.763. The van der Waals surface area contributed by atoms with Gasteiger partial charge in [0.1, 0.15) is 250 Å². The molecule has 10 heterocycles. The summed E-state index contributed by atoms with van der Waals surface area (Å²) in [6.07, 6.45) is -109. The summed E-state index contributed by atoms with van der Waals surface area (Å²) in [7, 11) is 0. The van der Waals surface area contributed by atoms with Gasteiger partial charge in [-0.2, -0.15) is 0 Å². The van der Waals surface area contributed by atoms with E-state index in [9.17, 15) is 192 Å². The smallest absolute Gasteiger partial charge is 0.364 e. The summed E-state index contributed by atoms with van der Waals surface area (Å²) in [6.45, 7) is -7.53. The number of hydrogen-bond donors (Lipinski definition) is 37. The molecule has 5 amide bonds. The zero-order valence-electron chi connectivity index (χ0n) is 76.6. The highest BCUT2D eigenvalue weighted by atomic mass is 16.8. The second-order valence-electron chi connectivity index (χ2n) is 35.8. The molecule has 10 rings (SSSR count). The first kappa shape index (κ1) is 119. The van der Waals surface area contributed by atoms with Gasteiger partial charge in [-0.05, 0) is 6.92 Å². The zero-order valence-corrected chi connectivity index (χ0v) is 76.6. The van der Waals surface area contributed by atoms with Crippen LogP contribution < -0.4 is 26.6 Å². The molecule has 0 bridgehead atoms. The Labute approximate surface area is 804 Å². The topological polar surface area (TPSA) is 995 Å². The van der Waals surface area contributed by atoms with Crippen molar-refractivity contribution in [2.75, 3.05) is 72.7 Å². The molecular weight excluding hydrogens is 1950 g/mol. The molecule has 10 fully saturated rings. The lowest BCUT2D eigenvalue weighted by atomic mass is 9.88. The van der Waals surface area contributed by atoms with E-state index in [1.807, 2.05) is 0 Å². The van der Waals surface area contributed by atoms with Crippen molar-refractivity contribution in [2.24, 2.45) is 0 Å². The first-order chi connectivity index (χ1) is 66.9. The summed E-state index contributed by atoms with van der Waals surface area (Å²) >= 11 is 0. The lowest BCUT2D eigenvalue weighted by Gasteiger charge is -2.51. The molecule has 0 radical (unpaired) electrons. The van der Waals surface area contributed by atoms with Crippen molar-refractivity contribution < 1.29 is 287 Å². The number of carbonyl (C=O) groups excluding carboxylic acids is 5. The van der Waals surface area contributed by atoms with Crippen molar-refractivity contribution in [1.29, 1.82) is 0 Å². The van der Waals surface area contributed by atoms with Crippen LogP contribution in [0.1, 0.15) is 48.0 Å². The molecular formula is C79H133N5O58. The fourth-order valence-corrected chi connectivity index (χ4v) is 17.9. The van der Waals surface area contributed by atoms with Crippen molar-refractivity contribution in [3.63, 3.8) is 0 Å². The Kier molecular flexibility index (Phi) is 43.5. The van der Waals surface area contributed by atoms with E-state index in [0.29, 0.717) is 0 Å². The molecule has 0 aromatic rings. The maximum absolute atomic E-state index is 13.3. The largest absolute Gasteiger partial charge is 0.477 e. The quantitative estimate of drug-likeness (QED) is 0.0270. The third kappa shape index (κ3) is 27.0. The standard InChI is InChI=1S/C79H133N5O58/c1-19-41(101)52(112)57(117)72(126-19)123-16-28(100)61(42(102)25(8-85)80-20(2)93)135-69-38(82-22(4)95)49(109)64(34(15-92)130-69)138-75-60(120)66(48(108)35(133-75)17-124-76-67(55(115)45(105)30(11-88)128-76)140-70-39(83-23(5)96)50(110)62(32(13-90)131-70)136-73-58(118)53(113)44(104)29(10-87)127-73)139-77-68(56(116)46(106)31(12-89)129-77)141-71-40(84-24(6)97)51(111)63(33(14-91)132-71)137-74-59(119)54(114)47(107)36(134-74)18-125-79(78(121)122)7-26(98)37(81-21(3)94)65(142-79)43(103)27(99)9-86/h19,25-77,85-92,98-120H,7-18H2,1-6H3,(H,80,93)(H,81,94)(H,82,95)(H,83,96)(H,84,97)(H,121,122)/t19-,25-,26-,27+,28+,29+,30+,31+,32+,33+,34+,35+,36+,37+,38+,39+,40+,41+,42+,43+,44-,45+,46+,47-,48+,49+,50+,51+,52+,53-,54-,55-,56-,57-,58+,59+,60-,61+,62+,63+,64+,65+,66-,67-,68-,69-,70-,71-,72+,73-,74+,75-,76-,77+,79+/m0/s1. The number of aliphatic hydroxyl groups excluding tert-OH is 31. The lowest BCUT2D eigenvalue weighted by Crippen LogP contribution is -2.70. The van der Waals surface area contributed by atoms with Crippen molar-refractivity contribution >= 4 is 35.5 Å².